The number of hydrogen-bond acceptors (Lipinski definition) is 4. The summed E-state index contributed by atoms with van der Waals surface area (Å²) in [5.41, 5.74) is 1.66. The highest BCUT2D eigenvalue weighted by atomic mass is 16.5. The fourth-order valence-electron chi connectivity index (χ4n) is 2.77. The summed E-state index contributed by atoms with van der Waals surface area (Å²) in [5.74, 6) is 0.192. The van der Waals surface area contributed by atoms with Crippen molar-refractivity contribution in [2.24, 2.45) is 0 Å². The number of ether oxygens (including phenoxy) is 1. The number of nitrogens with one attached hydrogen (secondary N) is 1. The van der Waals surface area contributed by atoms with E-state index in [2.05, 4.69) is 26.1 Å². The maximum atomic E-state index is 12.3. The van der Waals surface area contributed by atoms with Crippen molar-refractivity contribution in [1.82, 2.24) is 9.80 Å². The van der Waals surface area contributed by atoms with Crippen LogP contribution in [-0.4, -0.2) is 54.9 Å². The number of urea groups is 1. The van der Waals surface area contributed by atoms with E-state index in [0.717, 1.165) is 5.56 Å². The van der Waals surface area contributed by atoms with Crippen LogP contribution in [0.15, 0.2) is 18.2 Å². The highest BCUT2D eigenvalue weighted by molar-refractivity contribution is 6.01. The van der Waals surface area contributed by atoms with Crippen molar-refractivity contribution in [2.45, 2.75) is 39.0 Å². The molecule has 2 rings (SSSR count). The van der Waals surface area contributed by atoms with Crippen LogP contribution in [0.3, 0.4) is 0 Å². The number of methoxy groups -OCH3 is 1. The van der Waals surface area contributed by atoms with E-state index in [0.29, 0.717) is 17.9 Å². The van der Waals surface area contributed by atoms with Crippen molar-refractivity contribution in [1.29, 1.82) is 0 Å². The number of anilines is 1. The Morgan fingerprint density at radius 3 is 2.50 bits per heavy atom. The van der Waals surface area contributed by atoms with Crippen LogP contribution in [0.25, 0.3) is 0 Å². The molecule has 142 valence electrons. The Kier molecular flexibility index (Phi) is 5.90. The lowest BCUT2D eigenvalue weighted by Gasteiger charge is -2.21. The van der Waals surface area contributed by atoms with Gasteiger partial charge in [0.05, 0.1) is 12.8 Å². The van der Waals surface area contributed by atoms with Gasteiger partial charge in [-0.25, -0.2) is 4.79 Å². The van der Waals surface area contributed by atoms with Gasteiger partial charge in [-0.1, -0.05) is 26.8 Å². The first kappa shape index (κ1) is 19.8. The molecule has 0 aromatic heterocycles. The monoisotopic (exact) mass is 361 g/mol. The molecule has 1 saturated heterocycles. The molecule has 0 atom stereocenters. The molecule has 1 aromatic rings. The molecule has 4 amide bonds. The zero-order valence-corrected chi connectivity index (χ0v) is 16.1. The van der Waals surface area contributed by atoms with Gasteiger partial charge in [-0.05, 0) is 29.5 Å². The quantitative estimate of drug-likeness (QED) is 0.790. The van der Waals surface area contributed by atoms with Gasteiger partial charge < -0.3 is 15.0 Å². The first-order chi connectivity index (χ1) is 12.1. The SMILES string of the molecule is COc1ccc(C(C)(C)C)cc1NC(=O)CCCN1C(=O)CN(C)C1=O. The Labute approximate surface area is 154 Å². The molecule has 0 bridgehead atoms. The number of hydrogen-bond donors (Lipinski definition) is 1. The molecule has 26 heavy (non-hydrogen) atoms. The van der Waals surface area contributed by atoms with Crippen molar-refractivity contribution in [3.63, 3.8) is 0 Å². The number of carbonyl (C=O) groups excluding carboxylic acids is 3. The van der Waals surface area contributed by atoms with Gasteiger partial charge in [-0.2, -0.15) is 0 Å². The molecule has 1 aliphatic rings. The minimum Gasteiger partial charge on any atom is -0.495 e. The normalized spacial score (nSPS) is 14.8. The second-order valence-electron chi connectivity index (χ2n) is 7.50. The predicted octanol–water partition coefficient (Wildman–Crippen LogP) is 2.61. The number of amides is 4. The van der Waals surface area contributed by atoms with Crippen molar-refractivity contribution >= 4 is 23.5 Å². The molecule has 0 radical (unpaired) electrons. The molecule has 7 nitrogen and oxygen atoms in total. The third kappa shape index (κ3) is 4.53. The van der Waals surface area contributed by atoms with E-state index in [1.165, 1.54) is 9.80 Å². The highest BCUT2D eigenvalue weighted by Crippen LogP contribution is 2.31. The van der Waals surface area contributed by atoms with E-state index in [4.69, 9.17) is 4.74 Å². The Balaban J connectivity index is 1.95. The van der Waals surface area contributed by atoms with E-state index in [9.17, 15) is 14.4 Å². The zero-order valence-electron chi connectivity index (χ0n) is 16.1. The van der Waals surface area contributed by atoms with Gasteiger partial charge in [-0.15, -0.1) is 0 Å². The Bertz CT molecular complexity index is 709. The van der Waals surface area contributed by atoms with E-state index in [1.54, 1.807) is 14.2 Å². The molecule has 0 unspecified atom stereocenters. The van der Waals surface area contributed by atoms with Gasteiger partial charge >= 0.3 is 6.03 Å². The van der Waals surface area contributed by atoms with Crippen LogP contribution >= 0.6 is 0 Å². The number of imide groups is 1. The van der Waals surface area contributed by atoms with Crippen molar-refractivity contribution < 1.29 is 19.1 Å². The van der Waals surface area contributed by atoms with Gasteiger partial charge in [0.15, 0.2) is 0 Å². The van der Waals surface area contributed by atoms with Crippen molar-refractivity contribution in [2.75, 3.05) is 32.6 Å². The summed E-state index contributed by atoms with van der Waals surface area (Å²) >= 11 is 0. The zero-order chi connectivity index (χ0) is 19.5. The molecule has 0 spiro atoms. The number of carbonyl (C=O) groups is 3. The molecule has 1 aromatic carbocycles. The summed E-state index contributed by atoms with van der Waals surface area (Å²) in [6, 6.07) is 5.43. The molecule has 1 heterocycles. The minimum atomic E-state index is -0.310. The Hall–Kier alpha value is -2.57. The summed E-state index contributed by atoms with van der Waals surface area (Å²) in [6.45, 7) is 6.64. The van der Waals surface area contributed by atoms with E-state index >= 15 is 0 Å². The standard InChI is InChI=1S/C19H27N3O4/c1-19(2,3)13-8-9-15(26-5)14(11-13)20-16(23)7-6-10-22-17(24)12-21(4)18(22)25/h8-9,11H,6-7,10,12H2,1-5H3,(H,20,23). The maximum Gasteiger partial charge on any atom is 0.326 e. The first-order valence-electron chi connectivity index (χ1n) is 8.67. The van der Waals surface area contributed by atoms with Gasteiger partial charge in [0, 0.05) is 20.0 Å². The molecule has 0 aliphatic carbocycles. The van der Waals surface area contributed by atoms with Crippen LogP contribution in [0.4, 0.5) is 10.5 Å². The molecule has 1 aliphatic heterocycles. The second-order valence-corrected chi connectivity index (χ2v) is 7.50. The van der Waals surface area contributed by atoms with E-state index in [1.807, 2.05) is 18.2 Å². The van der Waals surface area contributed by atoms with E-state index < -0.39 is 0 Å². The highest BCUT2D eigenvalue weighted by Gasteiger charge is 2.32. The number of rotatable bonds is 6. The summed E-state index contributed by atoms with van der Waals surface area (Å²) < 4.78 is 5.32. The third-order valence-electron chi connectivity index (χ3n) is 4.36. The Morgan fingerprint density at radius 2 is 1.96 bits per heavy atom. The fraction of sp³-hybridized carbons (Fsp3) is 0.526. The summed E-state index contributed by atoms with van der Waals surface area (Å²) in [6.07, 6.45) is 0.627. The van der Waals surface area contributed by atoms with E-state index in [-0.39, 0.29) is 42.8 Å². The maximum absolute atomic E-state index is 12.3. The molecular weight excluding hydrogens is 334 g/mol. The third-order valence-corrected chi connectivity index (χ3v) is 4.36. The lowest BCUT2D eigenvalue weighted by Crippen LogP contribution is -2.32. The second kappa shape index (κ2) is 7.76. The number of nitrogens with zero attached hydrogens (tertiary/aromatic N) is 2. The average molecular weight is 361 g/mol. The largest absolute Gasteiger partial charge is 0.495 e. The van der Waals surface area contributed by atoms with Crippen molar-refractivity contribution in [3.8, 4) is 5.75 Å². The van der Waals surface area contributed by atoms with Crippen LogP contribution in [-0.2, 0) is 15.0 Å². The lowest BCUT2D eigenvalue weighted by atomic mass is 9.87. The van der Waals surface area contributed by atoms with Crippen molar-refractivity contribution in [3.05, 3.63) is 23.8 Å². The average Bonchev–Trinajstić information content (AvgIpc) is 2.80. The number of benzene rings is 1. The van der Waals surface area contributed by atoms with Crippen LogP contribution in [0.5, 0.6) is 5.75 Å². The lowest BCUT2D eigenvalue weighted by molar-refractivity contribution is -0.125. The van der Waals surface area contributed by atoms with Crippen LogP contribution in [0.2, 0.25) is 0 Å². The van der Waals surface area contributed by atoms with Gasteiger partial charge in [0.1, 0.15) is 12.3 Å². The van der Waals surface area contributed by atoms with Crippen LogP contribution < -0.4 is 10.1 Å². The smallest absolute Gasteiger partial charge is 0.326 e. The van der Waals surface area contributed by atoms with Crippen LogP contribution in [0.1, 0.15) is 39.2 Å². The summed E-state index contributed by atoms with van der Waals surface area (Å²) in [4.78, 5) is 38.4. The molecule has 0 saturated carbocycles. The molecule has 1 fully saturated rings. The predicted molar refractivity (Wildman–Crippen MR) is 99.3 cm³/mol. The van der Waals surface area contributed by atoms with Gasteiger partial charge in [0.2, 0.25) is 11.8 Å². The minimum absolute atomic E-state index is 0.0474. The fourth-order valence-corrected chi connectivity index (χ4v) is 2.77. The van der Waals surface area contributed by atoms with Gasteiger partial charge in [0.25, 0.3) is 0 Å². The molecule has 7 heteroatoms. The summed E-state index contributed by atoms with van der Waals surface area (Å²) in [5, 5.41) is 2.87. The van der Waals surface area contributed by atoms with Crippen LogP contribution in [0, 0.1) is 0 Å². The molecule has 1 N–H and O–H groups in total. The van der Waals surface area contributed by atoms with Gasteiger partial charge in [-0.3, -0.25) is 14.5 Å². The Morgan fingerprint density at radius 1 is 1.27 bits per heavy atom. The summed E-state index contributed by atoms with van der Waals surface area (Å²) in [7, 11) is 3.14. The topological polar surface area (TPSA) is 79.0 Å². The first-order valence-corrected chi connectivity index (χ1v) is 8.67. The molecular formula is C19H27N3O4. The number of likely N-dealkylation sites (N-methyl/N-ethyl adjacent to an activating group) is 1.